The highest BCUT2D eigenvalue weighted by Crippen LogP contribution is 2.40. The molecular weight excluding hydrogens is 494 g/mol. The minimum Gasteiger partial charge on any atom is -0.397 e. The van der Waals surface area contributed by atoms with Crippen molar-refractivity contribution < 1.29 is 46.4 Å². The van der Waals surface area contributed by atoms with Crippen LogP contribution in [0.15, 0.2) is 43.4 Å². The van der Waals surface area contributed by atoms with Crippen molar-refractivity contribution in [3.05, 3.63) is 72.1 Å². The minimum atomic E-state index is -4.12. The number of nitrogens with zero attached hydrogens (tertiary/aromatic N) is 5. The second-order valence-electron chi connectivity index (χ2n) is 7.78. The molecule has 0 saturated carbocycles. The van der Waals surface area contributed by atoms with Crippen molar-refractivity contribution in [2.75, 3.05) is 6.66 Å². The second kappa shape index (κ2) is 10.1. The molecule has 3 aromatic rings. The molecule has 15 heteroatoms. The summed E-state index contributed by atoms with van der Waals surface area (Å²) in [5.41, 5.74) is -2.72. The Morgan fingerprint density at radius 2 is 2.00 bits per heavy atom. The molecule has 11 nitrogen and oxygen atoms in total. The molecule has 188 valence electrons. The summed E-state index contributed by atoms with van der Waals surface area (Å²) in [6.45, 7) is 3.16. The topological polar surface area (TPSA) is 141 Å². The Morgan fingerprint density at radius 3 is 2.63 bits per heavy atom. The number of benzene rings is 1. The van der Waals surface area contributed by atoms with Crippen LogP contribution >= 0.6 is 7.60 Å². The highest BCUT2D eigenvalue weighted by atomic mass is 31.2. The third-order valence-electron chi connectivity index (χ3n) is 5.15. The average Bonchev–Trinajstić information content (AvgIpc) is 3.20. The molecule has 2 aromatic heterocycles. The van der Waals surface area contributed by atoms with Crippen molar-refractivity contribution >= 4 is 13.8 Å². The number of rotatable bonds is 8. The Kier molecular flexibility index (Phi) is 7.58. The number of hydrogen-bond donors (Lipinski definition) is 2. The number of halogens is 3. The molecule has 0 bridgehead atoms. The lowest BCUT2D eigenvalue weighted by molar-refractivity contribution is -0.754. The fraction of sp³-hybridized carbons (Fsp3) is 0.350. The number of ether oxygens (including phenoxy) is 1. The molecule has 0 aliphatic carbocycles. The largest absolute Gasteiger partial charge is 0.517 e. The smallest absolute Gasteiger partial charge is 0.397 e. The molecule has 1 aromatic carbocycles. The van der Waals surface area contributed by atoms with Gasteiger partial charge in [-0.3, -0.25) is 0 Å². The summed E-state index contributed by atoms with van der Waals surface area (Å²) < 4.78 is 65.4. The monoisotopic (exact) mass is 516 g/mol. The summed E-state index contributed by atoms with van der Waals surface area (Å²) >= 11 is 0. The maximum Gasteiger partial charge on any atom is 0.517 e. The van der Waals surface area contributed by atoms with E-state index in [9.17, 15) is 27.6 Å². The van der Waals surface area contributed by atoms with Gasteiger partial charge in [0.05, 0.1) is 11.9 Å². The Hall–Kier alpha value is -3.35. The van der Waals surface area contributed by atoms with Crippen LogP contribution in [-0.4, -0.2) is 42.6 Å². The van der Waals surface area contributed by atoms with Crippen molar-refractivity contribution in [2.45, 2.75) is 38.1 Å². The lowest BCUT2D eigenvalue weighted by Gasteiger charge is -2.32. The van der Waals surface area contributed by atoms with Gasteiger partial charge in [0.25, 0.3) is 6.33 Å². The molecule has 0 aliphatic heterocycles. The summed E-state index contributed by atoms with van der Waals surface area (Å²) in [6, 6.07) is 2.57. The van der Waals surface area contributed by atoms with E-state index in [4.69, 9.17) is 9.63 Å². The molecule has 35 heavy (non-hydrogen) atoms. The van der Waals surface area contributed by atoms with Crippen molar-refractivity contribution in [1.29, 1.82) is 0 Å². The van der Waals surface area contributed by atoms with Crippen LogP contribution in [0.4, 0.5) is 18.0 Å². The van der Waals surface area contributed by atoms with E-state index in [1.54, 1.807) is 0 Å². The van der Waals surface area contributed by atoms with Crippen LogP contribution < -0.4 is 4.57 Å². The summed E-state index contributed by atoms with van der Waals surface area (Å²) in [5.74, 6) is -3.94. The van der Waals surface area contributed by atoms with Gasteiger partial charge < -0.3 is 19.3 Å². The zero-order valence-corrected chi connectivity index (χ0v) is 19.6. The number of carbonyl (C=O) groups is 1. The van der Waals surface area contributed by atoms with E-state index < -0.39 is 55.5 Å². The van der Waals surface area contributed by atoms with Crippen LogP contribution in [0.1, 0.15) is 37.3 Å². The zero-order valence-electron chi connectivity index (χ0n) is 18.7. The Bertz CT molecular complexity index is 1270. The van der Waals surface area contributed by atoms with Crippen LogP contribution in [0.5, 0.6) is 0 Å². The lowest BCUT2D eigenvalue weighted by Crippen LogP contribution is -2.41. The minimum absolute atomic E-state index is 0.210. The molecule has 2 N–H and O–H groups in total. The quantitative estimate of drug-likeness (QED) is 0.263. The normalized spacial score (nSPS) is 16.6. The van der Waals surface area contributed by atoms with E-state index in [1.165, 1.54) is 31.1 Å². The highest BCUT2D eigenvalue weighted by molar-refractivity contribution is 7.52. The Morgan fingerprint density at radius 1 is 1.29 bits per heavy atom. The van der Waals surface area contributed by atoms with E-state index in [0.29, 0.717) is 6.07 Å². The molecule has 0 fully saturated rings. The van der Waals surface area contributed by atoms with Gasteiger partial charge in [-0.2, -0.15) is 4.57 Å². The third-order valence-corrected chi connectivity index (χ3v) is 5.64. The zero-order chi connectivity index (χ0) is 26.0. The molecule has 0 spiro atoms. The van der Waals surface area contributed by atoms with Crippen LogP contribution in [0, 0.1) is 17.5 Å². The van der Waals surface area contributed by atoms with Crippen molar-refractivity contribution in [3.8, 4) is 0 Å². The van der Waals surface area contributed by atoms with Gasteiger partial charge in [0.2, 0.25) is 12.6 Å². The molecular formula is C20H22F3N5O6P+. The Balaban J connectivity index is 1.93. The van der Waals surface area contributed by atoms with Crippen molar-refractivity contribution in [3.63, 3.8) is 0 Å². The first-order valence-electron chi connectivity index (χ1n) is 10.1. The highest BCUT2D eigenvalue weighted by Gasteiger charge is 2.43. The standard InChI is InChI=1S/C20H21F3N5O6P/c1-12(18-17(23)7-24-9-25-18)20(30,15-5-4-14(21)6-16(15)22)8-28-11-27(10-26-28)13(2)33-19(29)34-35(3,31)32/h4-7,9-13,30H,8H2,1-3H3/p+1/t12-,13?,20+/m0/s1. The molecule has 0 aliphatic rings. The maximum atomic E-state index is 14.8. The molecule has 4 atom stereocenters. The van der Waals surface area contributed by atoms with Crippen LogP contribution in [0.25, 0.3) is 0 Å². The lowest BCUT2D eigenvalue weighted by atomic mass is 9.79. The number of aromatic nitrogens is 5. The van der Waals surface area contributed by atoms with Crippen molar-refractivity contribution in [2.24, 2.45) is 0 Å². The summed E-state index contributed by atoms with van der Waals surface area (Å²) in [4.78, 5) is 28.2. The van der Waals surface area contributed by atoms with E-state index in [0.717, 1.165) is 36.0 Å². The van der Waals surface area contributed by atoms with Gasteiger partial charge >= 0.3 is 13.8 Å². The predicted octanol–water partition coefficient (Wildman–Crippen LogP) is 2.56. The van der Waals surface area contributed by atoms with Gasteiger partial charge in [-0.15, -0.1) is 4.68 Å². The fourth-order valence-electron chi connectivity index (χ4n) is 3.38. The van der Waals surface area contributed by atoms with E-state index in [1.807, 2.05) is 0 Å². The molecule has 3 rings (SSSR count). The first-order valence-corrected chi connectivity index (χ1v) is 12.1. The van der Waals surface area contributed by atoms with Gasteiger partial charge in [0.1, 0.15) is 30.1 Å². The Labute approximate surface area is 197 Å². The van der Waals surface area contributed by atoms with Gasteiger partial charge in [-0.05, 0) is 6.07 Å². The second-order valence-corrected chi connectivity index (χ2v) is 9.57. The first-order chi connectivity index (χ1) is 16.3. The van der Waals surface area contributed by atoms with Gasteiger partial charge in [0.15, 0.2) is 5.82 Å². The summed E-state index contributed by atoms with van der Waals surface area (Å²) in [6.07, 6.45) is 1.97. The van der Waals surface area contributed by atoms with Crippen molar-refractivity contribution in [1.82, 2.24) is 19.7 Å². The predicted molar refractivity (Wildman–Crippen MR) is 111 cm³/mol. The number of hydrogen-bond acceptors (Lipinski definition) is 8. The first kappa shape index (κ1) is 26.3. The van der Waals surface area contributed by atoms with Gasteiger partial charge in [0, 0.05) is 36.2 Å². The fourth-order valence-corrected chi connectivity index (χ4v) is 3.70. The molecule has 0 amide bonds. The molecule has 0 radical (unpaired) electrons. The molecule has 0 saturated heterocycles. The average molecular weight is 516 g/mol. The van der Waals surface area contributed by atoms with E-state index in [2.05, 4.69) is 19.6 Å². The van der Waals surface area contributed by atoms with Crippen LogP contribution in [0.2, 0.25) is 0 Å². The van der Waals surface area contributed by atoms with Crippen LogP contribution in [-0.2, 0) is 26.0 Å². The summed E-state index contributed by atoms with van der Waals surface area (Å²) in [5, 5.41) is 15.7. The van der Waals surface area contributed by atoms with Gasteiger partial charge in [-0.1, -0.05) is 13.0 Å². The van der Waals surface area contributed by atoms with E-state index in [-0.39, 0.29) is 11.3 Å². The SMILES string of the molecule is CC(OC(=O)OP(C)(=O)O)[n+]1cnn(C[C@](O)(c2ccc(F)cc2F)[C@@H](C)c2ncncc2F)c1. The molecule has 2 unspecified atom stereocenters. The molecule has 2 heterocycles. The van der Waals surface area contributed by atoms with Gasteiger partial charge in [-0.25, -0.2) is 32.5 Å². The summed E-state index contributed by atoms with van der Waals surface area (Å²) in [7, 11) is -4.12. The third kappa shape index (κ3) is 6.21. The van der Waals surface area contributed by atoms with Crippen LogP contribution in [0.3, 0.4) is 0 Å². The maximum absolute atomic E-state index is 14.8. The number of carbonyl (C=O) groups excluding carboxylic acids is 1. The van der Waals surface area contributed by atoms with E-state index >= 15 is 0 Å². The number of aliphatic hydroxyl groups is 1.